The summed E-state index contributed by atoms with van der Waals surface area (Å²) in [5.74, 6) is -0.370. The van der Waals surface area contributed by atoms with Crippen LogP contribution in [0.15, 0.2) is 29.3 Å². The van der Waals surface area contributed by atoms with Crippen LogP contribution in [0.4, 0.5) is 11.4 Å². The zero-order chi connectivity index (χ0) is 19.0. The van der Waals surface area contributed by atoms with E-state index in [1.807, 2.05) is 0 Å². The van der Waals surface area contributed by atoms with Gasteiger partial charge >= 0.3 is 5.69 Å². The molecule has 26 heavy (non-hydrogen) atoms. The van der Waals surface area contributed by atoms with E-state index >= 15 is 0 Å². The van der Waals surface area contributed by atoms with E-state index < -0.39 is 10.8 Å². The average molecular weight is 374 g/mol. The van der Waals surface area contributed by atoms with Gasteiger partial charge in [0.05, 0.1) is 28.6 Å². The zero-order valence-electron chi connectivity index (χ0n) is 14.1. The Labute approximate surface area is 151 Å². The SMILES string of the molecule is COc1ccc(NC(=O)c2sc3ncn(C)c(=O)c3c2C)cc1[N+](=O)[O-]. The maximum atomic E-state index is 12.6. The van der Waals surface area contributed by atoms with E-state index in [1.165, 1.54) is 36.2 Å². The van der Waals surface area contributed by atoms with Gasteiger partial charge in [0.2, 0.25) is 0 Å². The third kappa shape index (κ3) is 2.90. The van der Waals surface area contributed by atoms with E-state index in [1.54, 1.807) is 14.0 Å². The summed E-state index contributed by atoms with van der Waals surface area (Å²) in [6, 6.07) is 4.13. The summed E-state index contributed by atoms with van der Waals surface area (Å²) in [4.78, 5) is 40.3. The zero-order valence-corrected chi connectivity index (χ0v) is 14.9. The highest BCUT2D eigenvalue weighted by atomic mass is 32.1. The van der Waals surface area contributed by atoms with Gasteiger partial charge in [0.15, 0.2) is 5.75 Å². The highest BCUT2D eigenvalue weighted by Crippen LogP contribution is 2.31. The van der Waals surface area contributed by atoms with Gasteiger partial charge in [0, 0.05) is 18.8 Å². The number of fused-ring (bicyclic) bond motifs is 1. The van der Waals surface area contributed by atoms with Crippen molar-refractivity contribution in [2.45, 2.75) is 6.92 Å². The van der Waals surface area contributed by atoms with Crippen LogP contribution in [0.1, 0.15) is 15.2 Å². The maximum absolute atomic E-state index is 12.6. The van der Waals surface area contributed by atoms with E-state index in [0.29, 0.717) is 20.7 Å². The Morgan fingerprint density at radius 3 is 2.81 bits per heavy atom. The monoisotopic (exact) mass is 374 g/mol. The first-order chi connectivity index (χ1) is 12.3. The maximum Gasteiger partial charge on any atom is 0.312 e. The highest BCUT2D eigenvalue weighted by molar-refractivity contribution is 7.20. The second-order valence-electron chi connectivity index (χ2n) is 5.49. The number of thiophene rings is 1. The molecule has 0 saturated carbocycles. The fraction of sp³-hybridized carbons (Fsp3) is 0.188. The topological polar surface area (TPSA) is 116 Å². The summed E-state index contributed by atoms with van der Waals surface area (Å²) in [6.07, 6.45) is 1.40. The van der Waals surface area contributed by atoms with Gasteiger partial charge in [-0.2, -0.15) is 0 Å². The van der Waals surface area contributed by atoms with Crippen molar-refractivity contribution < 1.29 is 14.5 Å². The fourth-order valence-electron chi connectivity index (χ4n) is 2.52. The van der Waals surface area contributed by atoms with Crippen LogP contribution in [0.3, 0.4) is 0 Å². The Hall–Kier alpha value is -3.27. The molecule has 0 aliphatic heterocycles. The number of aryl methyl sites for hydroxylation is 2. The van der Waals surface area contributed by atoms with Crippen molar-refractivity contribution in [2.75, 3.05) is 12.4 Å². The molecule has 0 bridgehead atoms. The van der Waals surface area contributed by atoms with Crippen molar-refractivity contribution in [3.8, 4) is 5.75 Å². The number of anilines is 1. The Bertz CT molecular complexity index is 1100. The molecule has 0 unspecified atom stereocenters. The van der Waals surface area contributed by atoms with Crippen LogP contribution >= 0.6 is 11.3 Å². The number of nitro groups is 1. The summed E-state index contributed by atoms with van der Waals surface area (Å²) >= 11 is 1.10. The molecule has 3 aromatic rings. The van der Waals surface area contributed by atoms with Crippen molar-refractivity contribution >= 4 is 38.8 Å². The van der Waals surface area contributed by atoms with E-state index in [0.717, 1.165) is 11.3 Å². The number of ether oxygens (including phenoxy) is 1. The van der Waals surface area contributed by atoms with Gasteiger partial charge in [-0.25, -0.2) is 4.98 Å². The van der Waals surface area contributed by atoms with Crippen LogP contribution < -0.4 is 15.6 Å². The third-order valence-electron chi connectivity index (χ3n) is 3.85. The molecule has 1 amide bonds. The van der Waals surface area contributed by atoms with Gasteiger partial charge in [0.1, 0.15) is 4.83 Å². The summed E-state index contributed by atoms with van der Waals surface area (Å²) in [7, 11) is 2.91. The van der Waals surface area contributed by atoms with Crippen molar-refractivity contribution in [3.63, 3.8) is 0 Å². The van der Waals surface area contributed by atoms with Crippen molar-refractivity contribution in [3.05, 3.63) is 55.4 Å². The summed E-state index contributed by atoms with van der Waals surface area (Å²) in [6.45, 7) is 1.67. The molecule has 0 aliphatic rings. The average Bonchev–Trinajstić information content (AvgIpc) is 2.95. The number of nitro benzene ring substituents is 1. The molecule has 0 saturated heterocycles. The summed E-state index contributed by atoms with van der Waals surface area (Å²) in [5.41, 5.74) is 0.288. The predicted molar refractivity (Wildman–Crippen MR) is 97.2 cm³/mol. The summed E-state index contributed by atoms with van der Waals surface area (Å²) < 4.78 is 6.28. The molecule has 1 N–H and O–H groups in total. The lowest BCUT2D eigenvalue weighted by molar-refractivity contribution is -0.385. The third-order valence-corrected chi connectivity index (χ3v) is 5.05. The number of carbonyl (C=O) groups excluding carboxylic acids is 1. The predicted octanol–water partition coefficient (Wildman–Crippen LogP) is 2.47. The fourth-order valence-corrected chi connectivity index (χ4v) is 3.56. The number of carbonyl (C=O) groups is 1. The first kappa shape index (κ1) is 17.5. The van der Waals surface area contributed by atoms with Crippen LogP contribution in [0, 0.1) is 17.0 Å². The van der Waals surface area contributed by atoms with Crippen molar-refractivity contribution in [2.24, 2.45) is 7.05 Å². The molecule has 9 nitrogen and oxygen atoms in total. The lowest BCUT2D eigenvalue weighted by Crippen LogP contribution is -2.17. The van der Waals surface area contributed by atoms with E-state index in [-0.39, 0.29) is 22.7 Å². The van der Waals surface area contributed by atoms with Crippen molar-refractivity contribution in [1.29, 1.82) is 0 Å². The minimum absolute atomic E-state index is 0.0961. The lowest BCUT2D eigenvalue weighted by atomic mass is 10.2. The summed E-state index contributed by atoms with van der Waals surface area (Å²) in [5, 5.41) is 14.1. The Kier molecular flexibility index (Phi) is 4.43. The number of amides is 1. The standard InChI is InChI=1S/C16H14N4O5S/c1-8-12-15(17-7-19(2)16(12)22)26-13(8)14(21)18-9-4-5-11(25-3)10(6-9)20(23)24/h4-7H,1-3H3,(H,18,21). The van der Waals surface area contributed by atoms with Gasteiger partial charge in [-0.3, -0.25) is 19.7 Å². The van der Waals surface area contributed by atoms with Crippen LogP contribution in [-0.4, -0.2) is 27.5 Å². The second-order valence-corrected chi connectivity index (χ2v) is 6.49. The molecule has 0 atom stereocenters. The van der Waals surface area contributed by atoms with Gasteiger partial charge in [0.25, 0.3) is 11.5 Å². The van der Waals surface area contributed by atoms with Gasteiger partial charge in [-0.05, 0) is 24.6 Å². The van der Waals surface area contributed by atoms with Crippen LogP contribution in [0.25, 0.3) is 10.2 Å². The van der Waals surface area contributed by atoms with Crippen molar-refractivity contribution in [1.82, 2.24) is 9.55 Å². The Morgan fingerprint density at radius 2 is 2.15 bits per heavy atom. The molecule has 2 aromatic heterocycles. The first-order valence-electron chi connectivity index (χ1n) is 7.42. The van der Waals surface area contributed by atoms with E-state index in [2.05, 4.69) is 10.3 Å². The largest absolute Gasteiger partial charge is 0.490 e. The molecular weight excluding hydrogens is 360 g/mol. The number of hydrogen-bond donors (Lipinski definition) is 1. The number of nitrogens with zero attached hydrogens (tertiary/aromatic N) is 3. The highest BCUT2D eigenvalue weighted by Gasteiger charge is 2.21. The second kappa shape index (κ2) is 6.56. The number of aromatic nitrogens is 2. The first-order valence-corrected chi connectivity index (χ1v) is 8.23. The molecular formula is C16H14N4O5S. The molecule has 2 heterocycles. The van der Waals surface area contributed by atoms with Crippen LogP contribution in [-0.2, 0) is 7.05 Å². The number of hydrogen-bond acceptors (Lipinski definition) is 7. The quantitative estimate of drug-likeness (QED) is 0.554. The Balaban J connectivity index is 1.99. The molecule has 3 rings (SSSR count). The molecule has 0 radical (unpaired) electrons. The molecule has 134 valence electrons. The molecule has 0 spiro atoms. The normalized spacial score (nSPS) is 10.7. The van der Waals surface area contributed by atoms with Gasteiger partial charge in [-0.1, -0.05) is 0 Å². The van der Waals surface area contributed by atoms with Crippen LogP contribution in [0.5, 0.6) is 5.75 Å². The minimum atomic E-state index is -0.590. The number of nitrogens with one attached hydrogen (secondary N) is 1. The smallest absolute Gasteiger partial charge is 0.312 e. The Morgan fingerprint density at radius 1 is 1.42 bits per heavy atom. The molecule has 10 heteroatoms. The van der Waals surface area contributed by atoms with E-state index in [4.69, 9.17) is 4.74 Å². The molecule has 1 aromatic carbocycles. The van der Waals surface area contributed by atoms with Crippen LogP contribution in [0.2, 0.25) is 0 Å². The lowest BCUT2D eigenvalue weighted by Gasteiger charge is -2.06. The number of methoxy groups -OCH3 is 1. The molecule has 0 aliphatic carbocycles. The van der Waals surface area contributed by atoms with E-state index in [9.17, 15) is 19.7 Å². The number of rotatable bonds is 4. The molecule has 0 fully saturated rings. The number of benzene rings is 1. The minimum Gasteiger partial charge on any atom is -0.490 e. The van der Waals surface area contributed by atoms with Gasteiger partial charge < -0.3 is 14.6 Å². The van der Waals surface area contributed by atoms with Gasteiger partial charge in [-0.15, -0.1) is 11.3 Å².